The van der Waals surface area contributed by atoms with Gasteiger partial charge in [0.25, 0.3) is 0 Å². The van der Waals surface area contributed by atoms with Gasteiger partial charge in [0, 0.05) is 48.4 Å². The molecule has 7 heteroatoms. The summed E-state index contributed by atoms with van der Waals surface area (Å²) in [5, 5.41) is 3.35. The molecule has 0 saturated heterocycles. The van der Waals surface area contributed by atoms with Crippen molar-refractivity contribution in [3.63, 3.8) is 0 Å². The van der Waals surface area contributed by atoms with E-state index in [1.807, 2.05) is 11.9 Å². The van der Waals surface area contributed by atoms with Crippen LogP contribution in [0.25, 0.3) is 0 Å². The van der Waals surface area contributed by atoms with Crippen molar-refractivity contribution < 1.29 is 19.1 Å². The number of aldehydes is 1. The Bertz CT molecular complexity index is 1130. The topological polar surface area (TPSA) is 75.7 Å². The lowest BCUT2D eigenvalue weighted by atomic mass is 9.46. The molecular formula is C45H84N2O4S. The molecule has 1 amide bonds. The highest BCUT2D eigenvalue weighted by Gasteiger charge is 2.57. The molecule has 0 saturated carbocycles. The maximum atomic E-state index is 14.4. The number of allylic oxidation sites excluding steroid dienone is 1. The monoisotopic (exact) mass is 749 g/mol. The molecule has 0 aromatic heterocycles. The number of rotatable bonds is 28. The van der Waals surface area contributed by atoms with Gasteiger partial charge in [-0.05, 0) is 93.5 Å². The lowest BCUT2D eigenvalue weighted by molar-refractivity contribution is -0.143. The van der Waals surface area contributed by atoms with Crippen LogP contribution in [0.3, 0.4) is 0 Å². The Morgan fingerprint density at radius 1 is 0.769 bits per heavy atom. The van der Waals surface area contributed by atoms with Crippen LogP contribution in [0.4, 0.5) is 0 Å². The van der Waals surface area contributed by atoms with Gasteiger partial charge in [0.1, 0.15) is 12.1 Å². The van der Waals surface area contributed by atoms with Gasteiger partial charge in [0.2, 0.25) is 5.91 Å². The van der Waals surface area contributed by atoms with Crippen LogP contribution in [0.1, 0.15) is 173 Å². The molecule has 6 nitrogen and oxygen atoms in total. The molecule has 304 valence electrons. The molecule has 0 heterocycles. The van der Waals surface area contributed by atoms with Gasteiger partial charge < -0.3 is 19.7 Å². The van der Waals surface area contributed by atoms with Gasteiger partial charge in [-0.2, -0.15) is 12.6 Å². The minimum atomic E-state index is -0.574. The smallest absolute Gasteiger partial charge is 0.222 e. The second-order valence-electron chi connectivity index (χ2n) is 19.5. The van der Waals surface area contributed by atoms with Gasteiger partial charge in [0.15, 0.2) is 0 Å². The standard InChI is InChI=1S/C45H84N2O4S/c1-35(36(2)52)25-24-32-51-37(3)44(14,33-40(4,5)6)43(12,13)42(10,11)34-45(15,41(7,8)9)38(49)26-19-22-30-47(39(50)27-23-31-48)29-21-18-17-20-28-46-16/h31,36,46,52H,1,3,17-30,32-34H2,2,4-16H3. The normalized spacial score (nSPS) is 15.7. The predicted molar refractivity (Wildman–Crippen MR) is 227 cm³/mol. The van der Waals surface area contributed by atoms with Gasteiger partial charge in [-0.25, -0.2) is 0 Å². The van der Waals surface area contributed by atoms with Crippen molar-refractivity contribution >= 4 is 30.6 Å². The van der Waals surface area contributed by atoms with Crippen molar-refractivity contribution in [3.8, 4) is 0 Å². The molecule has 0 fully saturated rings. The highest BCUT2D eigenvalue weighted by Crippen LogP contribution is 2.63. The minimum absolute atomic E-state index is 0.0301. The van der Waals surface area contributed by atoms with Crippen LogP contribution in [-0.4, -0.2) is 61.4 Å². The minimum Gasteiger partial charge on any atom is -0.498 e. The summed E-state index contributed by atoms with van der Waals surface area (Å²) in [7, 11) is 1.97. The maximum absolute atomic E-state index is 14.4. The van der Waals surface area contributed by atoms with Crippen molar-refractivity contribution in [2.45, 2.75) is 179 Å². The summed E-state index contributed by atoms with van der Waals surface area (Å²) in [5.74, 6) is 1.15. The average Bonchev–Trinajstić information content (AvgIpc) is 3.02. The Labute approximate surface area is 327 Å². The molecule has 0 aliphatic rings. The third-order valence-corrected chi connectivity index (χ3v) is 13.0. The first-order chi connectivity index (χ1) is 23.7. The highest BCUT2D eigenvalue weighted by molar-refractivity contribution is 7.81. The number of thiol groups is 1. The quantitative estimate of drug-likeness (QED) is 0.0274. The molecule has 0 rings (SSSR count). The van der Waals surface area contributed by atoms with Crippen LogP contribution >= 0.6 is 12.6 Å². The SMILES string of the molecule is C=C(CCCOC(=C)C(C)(CC(C)(C)C)C(C)(C)C(C)(C)CC(C)(C(=O)CCCCN(CCCCCCNC)C(=O)CCC=O)C(C)(C)C)C(C)S. The first kappa shape index (κ1) is 50.4. The summed E-state index contributed by atoms with van der Waals surface area (Å²) in [6, 6.07) is 0. The largest absolute Gasteiger partial charge is 0.498 e. The van der Waals surface area contributed by atoms with E-state index in [4.69, 9.17) is 4.74 Å². The van der Waals surface area contributed by atoms with Crippen LogP contribution in [-0.2, 0) is 19.1 Å². The predicted octanol–water partition coefficient (Wildman–Crippen LogP) is 11.4. The van der Waals surface area contributed by atoms with Crippen molar-refractivity contribution in [1.29, 1.82) is 0 Å². The van der Waals surface area contributed by atoms with E-state index in [1.165, 1.54) is 0 Å². The molecule has 0 radical (unpaired) electrons. The van der Waals surface area contributed by atoms with Crippen molar-refractivity contribution in [2.75, 3.05) is 33.3 Å². The van der Waals surface area contributed by atoms with E-state index in [1.54, 1.807) is 0 Å². The second-order valence-corrected chi connectivity index (χ2v) is 20.3. The van der Waals surface area contributed by atoms with Crippen molar-refractivity contribution in [3.05, 3.63) is 24.5 Å². The Hall–Kier alpha value is -1.60. The number of Topliss-reactive ketones (excluding diaryl/α,β-unsaturated/α-hetero) is 1. The highest BCUT2D eigenvalue weighted by atomic mass is 32.1. The first-order valence-corrected chi connectivity index (χ1v) is 20.8. The molecule has 0 spiro atoms. The summed E-state index contributed by atoms with van der Waals surface area (Å²) in [6.45, 7) is 41.0. The lowest BCUT2D eigenvalue weighted by Gasteiger charge is -2.58. The molecule has 3 unspecified atom stereocenters. The zero-order valence-corrected chi connectivity index (χ0v) is 37.5. The number of nitrogens with one attached hydrogen (secondary N) is 1. The fourth-order valence-corrected chi connectivity index (χ4v) is 7.88. The zero-order chi connectivity index (χ0) is 40.6. The summed E-state index contributed by atoms with van der Waals surface area (Å²) in [5.41, 5.74) is -0.594. The van der Waals surface area contributed by atoms with E-state index >= 15 is 0 Å². The fourth-order valence-electron chi connectivity index (χ4n) is 7.75. The number of hydrogen-bond acceptors (Lipinski definition) is 6. The van der Waals surface area contributed by atoms with Gasteiger partial charge in [-0.1, -0.05) is 115 Å². The van der Waals surface area contributed by atoms with Crippen molar-refractivity contribution in [2.24, 2.45) is 32.5 Å². The number of carbonyl (C=O) groups excluding carboxylic acids is 3. The summed E-state index contributed by atoms with van der Waals surface area (Å²) >= 11 is 4.53. The number of hydrogen-bond donors (Lipinski definition) is 2. The molecule has 0 aromatic carbocycles. The molecule has 0 aliphatic carbocycles. The zero-order valence-electron chi connectivity index (χ0n) is 36.6. The lowest BCUT2D eigenvalue weighted by Crippen LogP contribution is -2.53. The number of unbranched alkanes of at least 4 members (excludes halogenated alkanes) is 4. The number of nitrogens with zero attached hydrogens (tertiary/aromatic N) is 1. The maximum Gasteiger partial charge on any atom is 0.222 e. The first-order valence-electron chi connectivity index (χ1n) is 20.3. The van der Waals surface area contributed by atoms with E-state index in [-0.39, 0.29) is 51.1 Å². The molecule has 0 bridgehead atoms. The third kappa shape index (κ3) is 15.6. The van der Waals surface area contributed by atoms with Crippen LogP contribution in [0.5, 0.6) is 0 Å². The Morgan fingerprint density at radius 3 is 1.83 bits per heavy atom. The summed E-state index contributed by atoms with van der Waals surface area (Å²) in [6.07, 6.45) is 11.0. The van der Waals surface area contributed by atoms with E-state index in [9.17, 15) is 14.4 Å². The molecule has 0 aliphatic heterocycles. The van der Waals surface area contributed by atoms with Crippen molar-refractivity contribution in [1.82, 2.24) is 10.2 Å². The van der Waals surface area contributed by atoms with Gasteiger partial charge in [-0.15, -0.1) is 0 Å². The Morgan fingerprint density at radius 2 is 1.33 bits per heavy atom. The van der Waals surface area contributed by atoms with Crippen LogP contribution in [0, 0.1) is 32.5 Å². The van der Waals surface area contributed by atoms with E-state index in [0.29, 0.717) is 31.9 Å². The van der Waals surface area contributed by atoms with E-state index < -0.39 is 5.41 Å². The van der Waals surface area contributed by atoms with Gasteiger partial charge in [-0.3, -0.25) is 9.59 Å². The number of carbonyl (C=O) groups is 3. The average molecular weight is 749 g/mol. The summed E-state index contributed by atoms with van der Waals surface area (Å²) in [4.78, 5) is 40.3. The number of ketones is 1. The van der Waals surface area contributed by atoms with E-state index in [0.717, 1.165) is 88.4 Å². The number of ether oxygens (including phenoxy) is 1. The van der Waals surface area contributed by atoms with Crippen LogP contribution in [0.15, 0.2) is 24.5 Å². The Balaban J connectivity index is 6.03. The second kappa shape index (κ2) is 22.1. The molecule has 0 aromatic rings. The van der Waals surface area contributed by atoms with Crippen LogP contribution in [0.2, 0.25) is 0 Å². The van der Waals surface area contributed by atoms with E-state index in [2.05, 4.69) is 121 Å². The fraction of sp³-hybridized carbons (Fsp3) is 0.844. The molecule has 3 atom stereocenters. The van der Waals surface area contributed by atoms with Gasteiger partial charge >= 0.3 is 0 Å². The third-order valence-electron chi connectivity index (χ3n) is 12.7. The van der Waals surface area contributed by atoms with Gasteiger partial charge in [0.05, 0.1) is 12.4 Å². The summed E-state index contributed by atoms with van der Waals surface area (Å²) < 4.78 is 6.50. The van der Waals surface area contributed by atoms with Crippen LogP contribution < -0.4 is 5.32 Å². The Kier molecular flexibility index (Phi) is 21.4. The molecular weight excluding hydrogens is 665 g/mol. The number of amides is 1. The molecule has 1 N–H and O–H groups in total. The molecule has 52 heavy (non-hydrogen) atoms.